The highest BCUT2D eigenvalue weighted by molar-refractivity contribution is 7.80. The second kappa shape index (κ2) is 15.4. The first-order valence-electron chi connectivity index (χ1n) is 12.7. The van der Waals surface area contributed by atoms with Gasteiger partial charge in [0.1, 0.15) is 30.0 Å². The minimum Gasteiger partial charge on any atom is -0.457 e. The van der Waals surface area contributed by atoms with Crippen molar-refractivity contribution < 1.29 is 33.8 Å². The van der Waals surface area contributed by atoms with Gasteiger partial charge in [-0.2, -0.15) is 0 Å². The maximum atomic E-state index is 13.5. The lowest BCUT2D eigenvalue weighted by molar-refractivity contribution is -0.139. The Morgan fingerprint density at radius 1 is 1.18 bits per heavy atom. The number of likely N-dealkylation sites (tertiary alicyclic amines) is 1. The summed E-state index contributed by atoms with van der Waals surface area (Å²) in [5.41, 5.74) is -0.808. The number of nitrogens with zero attached hydrogens (tertiary/aromatic N) is 1. The summed E-state index contributed by atoms with van der Waals surface area (Å²) in [5.74, 6) is -1.63. The van der Waals surface area contributed by atoms with Gasteiger partial charge in [-0.3, -0.25) is 9.59 Å². The Bertz CT molecular complexity index is 914. The molecule has 1 aliphatic heterocycles. The molecule has 0 unspecified atom stereocenters. The Labute approximate surface area is 230 Å². The number of amides is 3. The van der Waals surface area contributed by atoms with E-state index < -0.39 is 48.3 Å². The molecular weight excluding hydrogens is 512 g/mol. The zero-order valence-corrected chi connectivity index (χ0v) is 24.0. The fraction of sp³-hybridized carbons (Fsp3) is 0.654. The van der Waals surface area contributed by atoms with Gasteiger partial charge in [-0.15, -0.1) is 0 Å². The molecule has 1 aliphatic rings. The van der Waals surface area contributed by atoms with Crippen LogP contribution < -0.4 is 16.0 Å². The zero-order valence-electron chi connectivity index (χ0n) is 23.2. The van der Waals surface area contributed by atoms with Crippen molar-refractivity contribution in [2.45, 2.75) is 84.5 Å². The number of aliphatic hydroxyl groups excluding tert-OH is 1. The van der Waals surface area contributed by atoms with E-state index in [9.17, 15) is 24.3 Å². The number of hydrogen-bond acceptors (Lipinski definition) is 8. The van der Waals surface area contributed by atoms with Gasteiger partial charge >= 0.3 is 12.1 Å². The molecule has 1 fully saturated rings. The first kappa shape index (κ1) is 33.0. The molecule has 11 nitrogen and oxygen atoms in total. The van der Waals surface area contributed by atoms with E-state index in [0.29, 0.717) is 25.8 Å². The smallest absolute Gasteiger partial charge is 0.408 e. The summed E-state index contributed by atoms with van der Waals surface area (Å²) in [6.07, 6.45) is 3.71. The van der Waals surface area contributed by atoms with Crippen LogP contribution in [0.15, 0.2) is 24.4 Å². The van der Waals surface area contributed by atoms with Gasteiger partial charge in [0, 0.05) is 6.54 Å². The molecule has 0 radical (unpaired) electrons. The molecule has 214 valence electrons. The highest BCUT2D eigenvalue weighted by atomic mass is 32.1. The summed E-state index contributed by atoms with van der Waals surface area (Å²) in [4.78, 5) is 52.5. The standard InChI is InChI=1S/C26H42N4O7S/c1-8-13-36-24(34)17(9-2)27-21(32)19(15-31)28-22(38)20-11-10-12-30(20)23(33)18(14-16(3)4)29-25(35)37-26(5,6)7/h8-9,16,18-20,31H,1,10-15H2,2-7H3,(H,27,32)(H,28,38)(H,29,35)/b17-9+/t18-,19+,20+/m1/s1. The third-order valence-corrected chi connectivity index (χ3v) is 5.84. The monoisotopic (exact) mass is 554 g/mol. The lowest BCUT2D eigenvalue weighted by Crippen LogP contribution is -2.57. The van der Waals surface area contributed by atoms with E-state index in [1.54, 1.807) is 32.6 Å². The predicted octanol–water partition coefficient (Wildman–Crippen LogP) is 1.94. The van der Waals surface area contributed by atoms with Crippen molar-refractivity contribution in [3.8, 4) is 0 Å². The minimum atomic E-state index is -1.17. The van der Waals surface area contributed by atoms with Crippen molar-refractivity contribution in [1.82, 2.24) is 20.9 Å². The van der Waals surface area contributed by atoms with E-state index in [2.05, 4.69) is 22.5 Å². The van der Waals surface area contributed by atoms with Crippen LogP contribution >= 0.6 is 12.2 Å². The van der Waals surface area contributed by atoms with Crippen LogP contribution in [0.1, 0.15) is 60.8 Å². The summed E-state index contributed by atoms with van der Waals surface area (Å²) in [5, 5.41) is 17.8. The van der Waals surface area contributed by atoms with Gasteiger partial charge in [-0.1, -0.05) is 44.8 Å². The molecule has 0 bridgehead atoms. The Hall–Kier alpha value is -2.99. The summed E-state index contributed by atoms with van der Waals surface area (Å²) in [7, 11) is 0. The van der Waals surface area contributed by atoms with Crippen molar-refractivity contribution in [3.63, 3.8) is 0 Å². The molecule has 1 heterocycles. The Morgan fingerprint density at radius 3 is 2.37 bits per heavy atom. The summed E-state index contributed by atoms with van der Waals surface area (Å²) in [6.45, 7) is 13.9. The molecule has 0 saturated carbocycles. The molecule has 1 saturated heterocycles. The van der Waals surface area contributed by atoms with Crippen LogP contribution in [0.3, 0.4) is 0 Å². The topological polar surface area (TPSA) is 146 Å². The number of alkyl carbamates (subject to hydrolysis) is 1. The molecule has 0 aromatic rings. The van der Waals surface area contributed by atoms with E-state index in [1.165, 1.54) is 12.2 Å². The molecule has 4 N–H and O–H groups in total. The number of hydrogen-bond donors (Lipinski definition) is 4. The predicted molar refractivity (Wildman–Crippen MR) is 147 cm³/mol. The van der Waals surface area contributed by atoms with Crippen molar-refractivity contribution in [2.24, 2.45) is 5.92 Å². The highest BCUT2D eigenvalue weighted by Crippen LogP contribution is 2.21. The Balaban J connectivity index is 2.94. The molecule has 12 heteroatoms. The number of nitrogens with one attached hydrogen (secondary N) is 3. The van der Waals surface area contributed by atoms with Crippen LogP contribution in [0, 0.1) is 5.92 Å². The maximum Gasteiger partial charge on any atom is 0.408 e. The normalized spacial score (nSPS) is 17.3. The Kier molecular flexibility index (Phi) is 13.4. The van der Waals surface area contributed by atoms with Gasteiger partial charge < -0.3 is 35.4 Å². The quantitative estimate of drug-likeness (QED) is 0.123. The van der Waals surface area contributed by atoms with Crippen LogP contribution in [-0.4, -0.2) is 82.4 Å². The van der Waals surface area contributed by atoms with Crippen LogP contribution in [0.25, 0.3) is 0 Å². The van der Waals surface area contributed by atoms with Crippen molar-refractivity contribution in [2.75, 3.05) is 19.8 Å². The number of allylic oxidation sites excluding steroid dienone is 1. The fourth-order valence-corrected chi connectivity index (χ4v) is 4.17. The first-order chi connectivity index (χ1) is 17.7. The summed E-state index contributed by atoms with van der Waals surface area (Å²) >= 11 is 5.53. The molecular formula is C26H42N4O7S. The molecule has 3 atom stereocenters. The number of aliphatic hydroxyl groups is 1. The highest BCUT2D eigenvalue weighted by Gasteiger charge is 2.37. The van der Waals surface area contributed by atoms with Crippen molar-refractivity contribution in [3.05, 3.63) is 24.4 Å². The Morgan fingerprint density at radius 2 is 1.84 bits per heavy atom. The average molecular weight is 555 g/mol. The third-order valence-electron chi connectivity index (χ3n) is 5.45. The van der Waals surface area contributed by atoms with Crippen LogP contribution in [0.4, 0.5) is 4.79 Å². The van der Waals surface area contributed by atoms with E-state index in [-0.39, 0.29) is 29.1 Å². The molecule has 0 aliphatic carbocycles. The number of thiocarbonyl (C=S) groups is 1. The minimum absolute atomic E-state index is 0.0239. The van der Waals surface area contributed by atoms with Crippen LogP contribution in [0.2, 0.25) is 0 Å². The average Bonchev–Trinajstić information content (AvgIpc) is 3.31. The maximum absolute atomic E-state index is 13.5. The fourth-order valence-electron chi connectivity index (χ4n) is 3.78. The van der Waals surface area contributed by atoms with Crippen LogP contribution in [0.5, 0.6) is 0 Å². The van der Waals surface area contributed by atoms with Gasteiger partial charge in [-0.25, -0.2) is 9.59 Å². The van der Waals surface area contributed by atoms with Crippen molar-refractivity contribution in [1.29, 1.82) is 0 Å². The van der Waals surface area contributed by atoms with E-state index >= 15 is 0 Å². The third kappa shape index (κ3) is 10.8. The van der Waals surface area contributed by atoms with E-state index in [4.69, 9.17) is 21.7 Å². The number of rotatable bonds is 12. The lowest BCUT2D eigenvalue weighted by atomic mass is 10.0. The van der Waals surface area contributed by atoms with E-state index in [1.807, 2.05) is 13.8 Å². The molecule has 0 spiro atoms. The second-order valence-corrected chi connectivity index (χ2v) is 10.8. The van der Waals surface area contributed by atoms with Crippen LogP contribution in [-0.2, 0) is 23.9 Å². The largest absolute Gasteiger partial charge is 0.457 e. The molecule has 1 rings (SSSR count). The number of ether oxygens (including phenoxy) is 2. The van der Waals surface area contributed by atoms with Gasteiger partial charge in [0.05, 0.1) is 17.6 Å². The van der Waals surface area contributed by atoms with E-state index in [0.717, 1.165) is 0 Å². The SMILES string of the molecule is C=CCOC(=O)/C(=C\C)NC(=O)[C@H](CO)NC(=S)[C@@H]1CCCN1C(=O)[C@@H](CC(C)C)NC(=O)OC(C)(C)C. The van der Waals surface area contributed by atoms with Crippen molar-refractivity contribution >= 4 is 41.1 Å². The number of carbonyl (C=O) groups excluding carboxylic acids is 4. The first-order valence-corrected chi connectivity index (χ1v) is 13.1. The summed E-state index contributed by atoms with van der Waals surface area (Å²) < 4.78 is 10.3. The molecule has 38 heavy (non-hydrogen) atoms. The zero-order chi connectivity index (χ0) is 29.0. The van der Waals surface area contributed by atoms with Gasteiger partial charge in [0.2, 0.25) is 11.8 Å². The van der Waals surface area contributed by atoms with Gasteiger partial charge in [0.25, 0.3) is 0 Å². The molecule has 0 aromatic heterocycles. The summed E-state index contributed by atoms with van der Waals surface area (Å²) in [6, 6.07) is -2.52. The molecule has 3 amide bonds. The van der Waals surface area contributed by atoms with Gasteiger partial charge in [-0.05, 0) is 52.9 Å². The lowest BCUT2D eigenvalue weighted by Gasteiger charge is -2.32. The number of carbonyl (C=O) groups is 4. The molecule has 0 aromatic carbocycles. The van der Waals surface area contributed by atoms with Gasteiger partial charge in [0.15, 0.2) is 0 Å². The second-order valence-electron chi connectivity index (χ2n) is 10.3. The number of esters is 1.